The fraction of sp³-hybridized carbons (Fsp3) is 0.714. The number of benzene rings is 2. The van der Waals surface area contributed by atoms with Crippen molar-refractivity contribution in [3.8, 4) is 46.1 Å². The van der Waals surface area contributed by atoms with E-state index in [-0.39, 0.29) is 0 Å². The molecule has 0 aliphatic carbocycles. The normalized spacial score (nSPS) is 12.6. The molecule has 2 aliphatic rings. The fourth-order valence-corrected chi connectivity index (χ4v) is 50.1. The molecule has 8 bridgehead atoms. The Morgan fingerprint density at radius 2 is 0.415 bits per heavy atom. The van der Waals surface area contributed by atoms with Gasteiger partial charge in [0.1, 0.15) is 8.07 Å². The molecular formula is C126H212N4Si5. The molecule has 4 nitrogen and oxygen atoms in total. The molecule has 135 heavy (non-hydrogen) atoms. The van der Waals surface area contributed by atoms with Crippen molar-refractivity contribution in [1.29, 1.82) is 0 Å². The van der Waals surface area contributed by atoms with Gasteiger partial charge in [0, 0.05) is 22.2 Å². The first-order chi connectivity index (χ1) is 66.2. The minimum Gasteiger partial charge on any atom is -0.354 e. The monoisotopic (exact) mass is 1920 g/mol. The van der Waals surface area contributed by atoms with E-state index in [0.29, 0.717) is 0 Å². The fourth-order valence-electron chi connectivity index (χ4n) is 24.2. The third-order valence-corrected chi connectivity index (χ3v) is 59.2. The van der Waals surface area contributed by atoms with Gasteiger partial charge in [0.2, 0.25) is 0 Å². The van der Waals surface area contributed by atoms with Crippen molar-refractivity contribution in [3.63, 3.8) is 0 Å². The molecule has 756 valence electrons. The van der Waals surface area contributed by atoms with Crippen molar-refractivity contribution in [2.45, 2.75) is 580 Å². The van der Waals surface area contributed by atoms with Gasteiger partial charge in [-0.25, -0.2) is 9.97 Å². The van der Waals surface area contributed by atoms with Crippen LogP contribution in [-0.2, 0) is 0 Å². The Morgan fingerprint density at radius 1 is 0.222 bits per heavy atom. The van der Waals surface area contributed by atoms with E-state index in [1.807, 2.05) is 0 Å². The summed E-state index contributed by atoms with van der Waals surface area (Å²) < 4.78 is 0. The van der Waals surface area contributed by atoms with Crippen LogP contribution >= 0.6 is 0 Å². The van der Waals surface area contributed by atoms with Crippen molar-refractivity contribution >= 4 is 107 Å². The number of H-pyrrole nitrogens is 2. The lowest BCUT2D eigenvalue weighted by molar-refractivity contribution is 0.667. The maximum atomic E-state index is 7.26. The summed E-state index contributed by atoms with van der Waals surface area (Å²) in [5, 5.41) is 7.19. The Morgan fingerprint density at radius 3 is 0.615 bits per heavy atom. The number of aromatic amines is 2. The van der Waals surface area contributed by atoms with Crippen molar-refractivity contribution < 1.29 is 0 Å². The van der Waals surface area contributed by atoms with Gasteiger partial charge < -0.3 is 9.97 Å². The SMILES string of the molecule is C#Cc1c2ccc([nH]2)c(-c2cc([Si](CCCCCC)(CCCCCC)CCCCCC)cc([Si](CCCCCC)(CCCCCC)CCCCCC)c2)c2nc(c(C#C[Si](CCCCCC)(CCCCCC)CCCCCC)c3nc(c(-c4cc([Si](CCCCCC)(CCCCCC)CCCCCC)cc([Si](CCCCCC)(CCCCCC)CCCCCC)c4)c4ccc1[nH]4)C=C3)C=C2. The lowest BCUT2D eigenvalue weighted by Crippen LogP contribution is -2.53. The first-order valence-corrected chi connectivity index (χ1v) is 72.8. The largest absolute Gasteiger partial charge is 0.354 e. The quantitative estimate of drug-likeness (QED) is 0.0227. The average Bonchev–Trinajstić information content (AvgIpc) is 1.73. The summed E-state index contributed by atoms with van der Waals surface area (Å²) in [7, 11) is -11.1. The Bertz CT molecular complexity index is 3840. The van der Waals surface area contributed by atoms with Gasteiger partial charge in [-0.2, -0.15) is 0 Å². The smallest absolute Gasteiger partial charge is 0.138 e. The van der Waals surface area contributed by atoms with Crippen LogP contribution in [0.5, 0.6) is 0 Å². The molecule has 0 amide bonds. The van der Waals surface area contributed by atoms with E-state index in [0.717, 1.165) is 56.0 Å². The summed E-state index contributed by atoms with van der Waals surface area (Å²) >= 11 is 0. The van der Waals surface area contributed by atoms with Gasteiger partial charge in [-0.1, -0.05) is 631 Å². The third-order valence-electron chi connectivity index (χ3n) is 32.9. The zero-order chi connectivity index (χ0) is 96.8. The summed E-state index contributed by atoms with van der Waals surface area (Å²) in [4.78, 5) is 21.4. The maximum Gasteiger partial charge on any atom is 0.138 e. The Balaban J connectivity index is 1.85. The Kier molecular flexibility index (Phi) is 60.1. The number of aromatic nitrogens is 4. The predicted molar refractivity (Wildman–Crippen MR) is 626 cm³/mol. The second-order valence-corrected chi connectivity index (χ2v) is 66.9. The van der Waals surface area contributed by atoms with Crippen LogP contribution in [0.4, 0.5) is 0 Å². The molecule has 3 aromatic heterocycles. The molecule has 0 saturated carbocycles. The van der Waals surface area contributed by atoms with Crippen LogP contribution < -0.4 is 20.7 Å². The second-order valence-electron chi connectivity index (χ2n) is 44.1. The molecule has 2 N–H and O–H groups in total. The van der Waals surface area contributed by atoms with Gasteiger partial charge in [0.05, 0.1) is 77.2 Å². The molecule has 7 rings (SSSR count). The van der Waals surface area contributed by atoms with Crippen molar-refractivity contribution in [1.82, 2.24) is 19.9 Å². The highest BCUT2D eigenvalue weighted by atomic mass is 28.3. The average molecular weight is 1920 g/mol. The number of fused-ring (bicyclic) bond motifs is 8. The van der Waals surface area contributed by atoms with Crippen LogP contribution in [0.25, 0.3) is 68.6 Å². The molecule has 5 aromatic rings. The highest BCUT2D eigenvalue weighted by Gasteiger charge is 2.42. The molecule has 0 unspecified atom stereocenters. The van der Waals surface area contributed by atoms with E-state index >= 15 is 0 Å². The Hall–Kier alpha value is -4.76. The van der Waals surface area contributed by atoms with Gasteiger partial charge in [0.15, 0.2) is 0 Å². The highest BCUT2D eigenvalue weighted by Crippen LogP contribution is 2.43. The number of terminal acetylenes is 1. The molecule has 0 atom stereocenters. The molecule has 5 heterocycles. The molecular weight excluding hydrogens is 1710 g/mol. The molecule has 0 fully saturated rings. The summed E-state index contributed by atoms with van der Waals surface area (Å²) in [5.74, 6) is 7.89. The molecule has 0 spiro atoms. The van der Waals surface area contributed by atoms with E-state index in [9.17, 15) is 0 Å². The summed E-state index contributed by atoms with van der Waals surface area (Å²) in [6.07, 6.45) is 96.4. The number of hydrogen-bond acceptors (Lipinski definition) is 2. The topological polar surface area (TPSA) is 57.4 Å². The zero-order valence-electron chi connectivity index (χ0n) is 91.6. The van der Waals surface area contributed by atoms with Crippen LogP contribution in [0, 0.1) is 23.8 Å². The maximum absolute atomic E-state index is 7.26. The standard InChI is InChI=1S/C126H212N4Si5/c1-17-33-48-63-87-131(88-64-49-34-18-2,89-65-50-35-19-3)102-86-116-119-80-84-123(129-119)125(109-103-111(132(90-66-51-36-20-4,91-67-52-37-21-5)92-68-53-38-22-6)107-112(104-109)133(93-69-54-39-23-7,94-70-55-40-24-8)95-71-56-41-25-9)121-82-78-117(127-121)115(32-16)118-79-83-122(128-118)126(124-85-81-120(116)130-124)110-105-113(134(96-72-57-42-26-10,97-73-58-43-27-11)98-74-59-44-28-12)108-114(106-110)135(99-75-60-45-29-13,100-76-61-46-30-14)101-77-62-47-31-15/h16,78-85,103-108,127-128H,17-31,33-77,87-101H2,1-15H3. The zero-order valence-corrected chi connectivity index (χ0v) is 96.6. The van der Waals surface area contributed by atoms with Gasteiger partial charge in [0.25, 0.3) is 0 Å². The number of rotatable bonds is 81. The number of hydrogen-bond donors (Lipinski definition) is 2. The molecule has 0 saturated heterocycles. The first-order valence-electron chi connectivity index (χ1n) is 59.7. The van der Waals surface area contributed by atoms with Crippen molar-refractivity contribution in [3.05, 3.63) is 94.6 Å². The van der Waals surface area contributed by atoms with Gasteiger partial charge >= 0.3 is 0 Å². The summed E-state index contributed by atoms with van der Waals surface area (Å²) in [5.41, 5.74) is 20.2. The third kappa shape index (κ3) is 38.8. The van der Waals surface area contributed by atoms with Gasteiger partial charge in [-0.3, -0.25) is 0 Å². The van der Waals surface area contributed by atoms with E-state index in [1.165, 1.54) is 498 Å². The van der Waals surface area contributed by atoms with E-state index in [2.05, 4.69) is 216 Å². The molecule has 9 heteroatoms. The van der Waals surface area contributed by atoms with Crippen LogP contribution in [0.3, 0.4) is 0 Å². The van der Waals surface area contributed by atoms with Crippen LogP contribution in [0.2, 0.25) is 90.7 Å². The van der Waals surface area contributed by atoms with Crippen LogP contribution in [0.15, 0.2) is 60.7 Å². The van der Waals surface area contributed by atoms with E-state index in [4.69, 9.17) is 16.4 Å². The number of unbranched alkanes of at least 4 members (excludes halogenated alkanes) is 45. The predicted octanol–water partition coefficient (Wildman–Crippen LogP) is 40.6. The molecule has 2 aromatic carbocycles. The number of nitrogens with zero attached hydrogens (tertiary/aromatic N) is 2. The Labute approximate surface area is 841 Å². The van der Waals surface area contributed by atoms with Crippen molar-refractivity contribution in [2.24, 2.45) is 0 Å². The summed E-state index contributed by atoms with van der Waals surface area (Å²) in [6.45, 7) is 36.4. The summed E-state index contributed by atoms with van der Waals surface area (Å²) in [6, 6.07) is 48.1. The lowest BCUT2D eigenvalue weighted by atomic mass is 10.0. The second kappa shape index (κ2) is 69.2. The lowest BCUT2D eigenvalue weighted by Gasteiger charge is -2.38. The minimum atomic E-state index is -2.24. The van der Waals surface area contributed by atoms with Crippen LogP contribution in [-0.4, -0.2) is 60.3 Å². The van der Waals surface area contributed by atoms with E-state index in [1.54, 1.807) is 20.7 Å². The molecule has 2 aliphatic heterocycles. The van der Waals surface area contributed by atoms with E-state index < -0.39 is 40.4 Å². The number of nitrogens with one attached hydrogen (secondary N) is 2. The highest BCUT2D eigenvalue weighted by molar-refractivity contribution is 6.96. The minimum absolute atomic E-state index is 0.887. The van der Waals surface area contributed by atoms with Crippen molar-refractivity contribution in [2.75, 3.05) is 0 Å². The van der Waals surface area contributed by atoms with Gasteiger partial charge in [-0.05, 0) is 77.8 Å². The van der Waals surface area contributed by atoms with Crippen LogP contribution in [0.1, 0.15) is 523 Å². The first kappa shape index (κ1) is 117. The molecule has 0 radical (unpaired) electrons. The van der Waals surface area contributed by atoms with Gasteiger partial charge in [-0.15, -0.1) is 12.0 Å².